The molecule has 2 N–H and O–H groups in total. The van der Waals surface area contributed by atoms with Crippen molar-refractivity contribution < 1.29 is 23.8 Å². The number of carbonyl (C=O) groups excluding carboxylic acids is 2. The number of terminal acetylenes is 1. The predicted molar refractivity (Wildman–Crippen MR) is 169 cm³/mol. The van der Waals surface area contributed by atoms with Crippen LogP contribution in [0.25, 0.3) is 0 Å². The van der Waals surface area contributed by atoms with Crippen LogP contribution in [0, 0.1) is 12.3 Å². The summed E-state index contributed by atoms with van der Waals surface area (Å²) in [5.74, 6) is 1.55. The van der Waals surface area contributed by atoms with Crippen LogP contribution >= 0.6 is 0 Å². The minimum Gasteiger partial charge on any atom is -0.463 e. The number of hydrogen-bond donors (Lipinski definition) is 2. The highest BCUT2D eigenvalue weighted by Crippen LogP contribution is 2.51. The van der Waals surface area contributed by atoms with Gasteiger partial charge in [0.2, 0.25) is 0 Å². The van der Waals surface area contributed by atoms with Crippen molar-refractivity contribution in [2.24, 2.45) is 0 Å². The van der Waals surface area contributed by atoms with Gasteiger partial charge in [-0.15, -0.1) is 6.42 Å². The number of nitrogens with one attached hydrogen (secondary N) is 2. The SMILES string of the molecule is C#Cc1ccc(NC(=O)C2=C(C(=O)OCC)C3(C(Nc4ccccc4)c4ccc(CN5CCOCC5)cc4)C=CC2O3)cc1. The summed E-state index contributed by atoms with van der Waals surface area (Å²) in [5.41, 5.74) is 3.31. The molecule has 3 aliphatic rings. The number of ether oxygens (including phenoxy) is 3. The van der Waals surface area contributed by atoms with E-state index in [1.54, 1.807) is 31.2 Å². The van der Waals surface area contributed by atoms with Crippen LogP contribution < -0.4 is 10.6 Å². The Morgan fingerprint density at radius 1 is 1.02 bits per heavy atom. The molecule has 0 aliphatic carbocycles. The van der Waals surface area contributed by atoms with E-state index >= 15 is 0 Å². The maximum Gasteiger partial charge on any atom is 0.337 e. The van der Waals surface area contributed by atoms with Crippen LogP contribution in [0.5, 0.6) is 0 Å². The average Bonchev–Trinajstić information content (AvgIpc) is 3.64. The van der Waals surface area contributed by atoms with E-state index < -0.39 is 29.6 Å². The fraction of sp³-hybridized carbons (Fsp3) is 0.278. The van der Waals surface area contributed by atoms with E-state index in [4.69, 9.17) is 20.6 Å². The smallest absolute Gasteiger partial charge is 0.337 e. The zero-order valence-electron chi connectivity index (χ0n) is 24.6. The molecule has 8 nitrogen and oxygen atoms in total. The van der Waals surface area contributed by atoms with Crippen LogP contribution in [0.3, 0.4) is 0 Å². The fourth-order valence-corrected chi connectivity index (χ4v) is 6.01. The monoisotopic (exact) mass is 589 g/mol. The lowest BCUT2D eigenvalue weighted by Crippen LogP contribution is -2.42. The van der Waals surface area contributed by atoms with Crippen LogP contribution in [-0.2, 0) is 30.3 Å². The topological polar surface area (TPSA) is 89.1 Å². The normalized spacial score (nSPS) is 21.5. The second-order valence-corrected chi connectivity index (χ2v) is 10.9. The van der Waals surface area contributed by atoms with Crippen LogP contribution in [0.4, 0.5) is 11.4 Å². The number of para-hydroxylation sites is 1. The van der Waals surface area contributed by atoms with Gasteiger partial charge in [-0.1, -0.05) is 54.5 Å². The second-order valence-electron chi connectivity index (χ2n) is 10.9. The molecule has 0 aromatic heterocycles. The third-order valence-corrected chi connectivity index (χ3v) is 8.16. The number of carbonyl (C=O) groups is 2. The van der Waals surface area contributed by atoms with E-state index in [0.717, 1.165) is 44.1 Å². The summed E-state index contributed by atoms with van der Waals surface area (Å²) in [7, 11) is 0. The van der Waals surface area contributed by atoms with Crippen molar-refractivity contribution in [1.82, 2.24) is 4.90 Å². The van der Waals surface area contributed by atoms with Crippen molar-refractivity contribution in [2.45, 2.75) is 31.2 Å². The summed E-state index contributed by atoms with van der Waals surface area (Å²) in [6.07, 6.45) is 8.48. The molecule has 0 saturated carbocycles. The first-order valence-electron chi connectivity index (χ1n) is 14.9. The average molecular weight is 590 g/mol. The van der Waals surface area contributed by atoms with Crippen LogP contribution in [0.1, 0.15) is 29.7 Å². The number of anilines is 2. The number of fused-ring (bicyclic) bond motifs is 2. The molecule has 1 fully saturated rings. The maximum absolute atomic E-state index is 13.8. The van der Waals surface area contributed by atoms with Crippen molar-refractivity contribution in [3.8, 4) is 12.3 Å². The highest BCUT2D eigenvalue weighted by atomic mass is 16.5. The van der Waals surface area contributed by atoms with Gasteiger partial charge >= 0.3 is 5.97 Å². The van der Waals surface area contributed by atoms with Crippen molar-refractivity contribution in [3.63, 3.8) is 0 Å². The quantitative estimate of drug-likeness (QED) is 0.198. The van der Waals surface area contributed by atoms with E-state index in [1.807, 2.05) is 42.5 Å². The highest BCUT2D eigenvalue weighted by Gasteiger charge is 2.58. The first-order valence-corrected chi connectivity index (χ1v) is 14.9. The summed E-state index contributed by atoms with van der Waals surface area (Å²) in [6, 6.07) is 24.5. The molecule has 44 heavy (non-hydrogen) atoms. The molecule has 3 unspecified atom stereocenters. The molecule has 2 bridgehead atoms. The summed E-state index contributed by atoms with van der Waals surface area (Å²) in [6.45, 7) is 6.00. The van der Waals surface area contributed by atoms with Gasteiger partial charge in [0.1, 0.15) is 11.7 Å². The van der Waals surface area contributed by atoms with Gasteiger partial charge in [0, 0.05) is 36.6 Å². The molecule has 0 radical (unpaired) electrons. The third kappa shape index (κ3) is 5.90. The minimum atomic E-state index is -1.29. The van der Waals surface area contributed by atoms with E-state index in [1.165, 1.54) is 5.56 Å². The Hall–Kier alpha value is -4.68. The molecule has 3 atom stereocenters. The zero-order chi connectivity index (χ0) is 30.5. The largest absolute Gasteiger partial charge is 0.463 e. The number of morpholine rings is 1. The Balaban J connectivity index is 1.38. The Labute approximate surface area is 257 Å². The number of rotatable bonds is 10. The van der Waals surface area contributed by atoms with Gasteiger partial charge in [-0.25, -0.2) is 4.79 Å². The molecule has 3 aromatic carbocycles. The Morgan fingerprint density at radius 3 is 2.43 bits per heavy atom. The summed E-state index contributed by atoms with van der Waals surface area (Å²) < 4.78 is 17.7. The molecule has 224 valence electrons. The number of nitrogens with zero attached hydrogens (tertiary/aromatic N) is 1. The molecule has 8 heteroatoms. The van der Waals surface area contributed by atoms with E-state index in [-0.39, 0.29) is 17.8 Å². The fourth-order valence-electron chi connectivity index (χ4n) is 6.01. The van der Waals surface area contributed by atoms with E-state index in [2.05, 4.69) is 45.7 Å². The van der Waals surface area contributed by atoms with Gasteiger partial charge < -0.3 is 24.8 Å². The third-order valence-electron chi connectivity index (χ3n) is 8.16. The second kappa shape index (κ2) is 12.9. The van der Waals surface area contributed by atoms with Crippen molar-refractivity contribution in [3.05, 3.63) is 119 Å². The van der Waals surface area contributed by atoms with Gasteiger partial charge in [0.05, 0.1) is 37.0 Å². The number of hydrogen-bond acceptors (Lipinski definition) is 7. The van der Waals surface area contributed by atoms with Gasteiger partial charge in [-0.3, -0.25) is 9.69 Å². The first kappa shape index (κ1) is 29.4. The van der Waals surface area contributed by atoms with Crippen LogP contribution in [0.2, 0.25) is 0 Å². The minimum absolute atomic E-state index is 0.155. The van der Waals surface area contributed by atoms with Gasteiger partial charge in [0.15, 0.2) is 0 Å². The maximum atomic E-state index is 13.8. The standard InChI is InChI=1S/C36H35N3O5/c1-3-25-12-16-29(17-13-25)38-34(40)31-30-18-19-36(44-30,32(31)35(41)43-4-2)33(37-28-8-6-5-7-9-28)27-14-10-26(11-15-27)24-39-20-22-42-23-21-39/h1,5-19,30,33,37H,4,20-24H2,2H3,(H,38,40). The van der Waals surface area contributed by atoms with E-state index in [0.29, 0.717) is 11.3 Å². The molecule has 3 heterocycles. The lowest BCUT2D eigenvalue weighted by molar-refractivity contribution is -0.140. The molecular weight excluding hydrogens is 554 g/mol. The van der Waals surface area contributed by atoms with Gasteiger partial charge in [-0.2, -0.15) is 0 Å². The number of esters is 1. The van der Waals surface area contributed by atoms with Gasteiger partial charge in [-0.05, 0) is 60.5 Å². The Kier molecular flexibility index (Phi) is 8.62. The van der Waals surface area contributed by atoms with Gasteiger partial charge in [0.25, 0.3) is 5.91 Å². The Bertz CT molecular complexity index is 1600. The molecule has 1 saturated heterocycles. The number of benzene rings is 3. The molecule has 1 amide bonds. The number of amides is 1. The lowest BCUT2D eigenvalue weighted by atomic mass is 9.78. The lowest BCUT2D eigenvalue weighted by Gasteiger charge is -2.36. The summed E-state index contributed by atoms with van der Waals surface area (Å²) in [4.78, 5) is 29.9. The van der Waals surface area contributed by atoms with E-state index in [9.17, 15) is 9.59 Å². The van der Waals surface area contributed by atoms with Crippen LogP contribution in [-0.4, -0.2) is 61.4 Å². The molecule has 6 rings (SSSR count). The van der Waals surface area contributed by atoms with Crippen LogP contribution in [0.15, 0.2) is 102 Å². The molecule has 0 spiro atoms. The van der Waals surface area contributed by atoms with Crippen molar-refractivity contribution in [1.29, 1.82) is 0 Å². The summed E-state index contributed by atoms with van der Waals surface area (Å²) in [5, 5.41) is 6.53. The zero-order valence-corrected chi connectivity index (χ0v) is 24.6. The van der Waals surface area contributed by atoms with Crippen molar-refractivity contribution >= 4 is 23.3 Å². The molecule has 3 aliphatic heterocycles. The Morgan fingerprint density at radius 2 is 1.75 bits per heavy atom. The molecule has 3 aromatic rings. The predicted octanol–water partition coefficient (Wildman–Crippen LogP) is 4.86. The first-order chi connectivity index (χ1) is 21.5. The van der Waals surface area contributed by atoms with Crippen molar-refractivity contribution in [2.75, 3.05) is 43.5 Å². The summed E-state index contributed by atoms with van der Waals surface area (Å²) >= 11 is 0. The highest BCUT2D eigenvalue weighted by molar-refractivity contribution is 6.12. The molecular formula is C36H35N3O5.